The van der Waals surface area contributed by atoms with Crippen molar-refractivity contribution in [3.05, 3.63) is 63.4 Å². The second-order valence-electron chi connectivity index (χ2n) is 6.12. The molecule has 27 heavy (non-hydrogen) atoms. The van der Waals surface area contributed by atoms with Gasteiger partial charge in [0, 0.05) is 12.4 Å². The molecule has 0 fully saturated rings. The highest BCUT2D eigenvalue weighted by molar-refractivity contribution is 7.09. The molecular formula is C18H17F3N4OS. The number of hydrogen-bond acceptors (Lipinski definition) is 4. The summed E-state index contributed by atoms with van der Waals surface area (Å²) < 4.78 is 42.1. The van der Waals surface area contributed by atoms with E-state index in [1.807, 2.05) is 6.92 Å². The standard InChI is InChI=1S/C18H17F3N4OS/c1-11-6-4-5-7-15(11)25-16(18(19,20)21)14(8-22-25)17(26)24(3)9-13-10-27-12(2)23-13/h4-8,10H,9H2,1-3H3. The summed E-state index contributed by atoms with van der Waals surface area (Å²) >= 11 is 1.42. The molecule has 142 valence electrons. The molecule has 2 heterocycles. The highest BCUT2D eigenvalue weighted by Gasteiger charge is 2.41. The Kier molecular flexibility index (Phi) is 5.05. The first-order valence-electron chi connectivity index (χ1n) is 8.06. The van der Waals surface area contributed by atoms with Gasteiger partial charge in [0.25, 0.3) is 5.91 Å². The Hall–Kier alpha value is -2.68. The van der Waals surface area contributed by atoms with Crippen LogP contribution >= 0.6 is 11.3 Å². The largest absolute Gasteiger partial charge is 0.434 e. The third-order valence-corrected chi connectivity index (χ3v) is 4.85. The quantitative estimate of drug-likeness (QED) is 0.665. The summed E-state index contributed by atoms with van der Waals surface area (Å²) in [4.78, 5) is 18.2. The highest BCUT2D eigenvalue weighted by Crippen LogP contribution is 2.34. The fraction of sp³-hybridized carbons (Fsp3) is 0.278. The third-order valence-electron chi connectivity index (χ3n) is 4.02. The van der Waals surface area contributed by atoms with E-state index in [0.717, 1.165) is 15.9 Å². The minimum Gasteiger partial charge on any atom is -0.336 e. The van der Waals surface area contributed by atoms with E-state index in [9.17, 15) is 18.0 Å². The van der Waals surface area contributed by atoms with Crippen molar-refractivity contribution >= 4 is 17.2 Å². The van der Waals surface area contributed by atoms with Crippen LogP contribution in [0.4, 0.5) is 13.2 Å². The molecule has 0 unspecified atom stereocenters. The molecule has 1 aromatic carbocycles. The number of rotatable bonds is 4. The van der Waals surface area contributed by atoms with E-state index in [1.54, 1.807) is 30.5 Å². The average molecular weight is 394 g/mol. The maximum Gasteiger partial charge on any atom is 0.434 e. The Labute approximate surface area is 158 Å². The number of para-hydroxylation sites is 1. The molecule has 0 aliphatic carbocycles. The van der Waals surface area contributed by atoms with Gasteiger partial charge in [0.15, 0.2) is 5.69 Å². The van der Waals surface area contributed by atoms with Gasteiger partial charge in [-0.2, -0.15) is 18.3 Å². The fourth-order valence-corrected chi connectivity index (χ4v) is 3.37. The number of halogens is 3. The first-order valence-corrected chi connectivity index (χ1v) is 8.94. The van der Waals surface area contributed by atoms with Gasteiger partial charge in [0.2, 0.25) is 0 Å². The second kappa shape index (κ2) is 7.15. The van der Waals surface area contributed by atoms with Gasteiger partial charge in [-0.3, -0.25) is 4.79 Å². The van der Waals surface area contributed by atoms with Crippen molar-refractivity contribution in [3.63, 3.8) is 0 Å². The van der Waals surface area contributed by atoms with Crippen LogP contribution in [0, 0.1) is 13.8 Å². The van der Waals surface area contributed by atoms with Gasteiger partial charge in [-0.15, -0.1) is 11.3 Å². The molecule has 3 aromatic rings. The summed E-state index contributed by atoms with van der Waals surface area (Å²) in [5.74, 6) is -0.757. The molecule has 0 bridgehead atoms. The zero-order valence-electron chi connectivity index (χ0n) is 14.9. The number of alkyl halides is 3. The van der Waals surface area contributed by atoms with Crippen LogP contribution in [0.25, 0.3) is 5.69 Å². The summed E-state index contributed by atoms with van der Waals surface area (Å²) in [6.07, 6.45) is -3.76. The Bertz CT molecular complexity index is 977. The number of amides is 1. The molecule has 3 rings (SSSR count). The smallest absolute Gasteiger partial charge is 0.336 e. The molecule has 0 radical (unpaired) electrons. The number of benzene rings is 1. The minimum atomic E-state index is -4.73. The van der Waals surface area contributed by atoms with Crippen molar-refractivity contribution in [2.75, 3.05) is 7.05 Å². The van der Waals surface area contributed by atoms with E-state index >= 15 is 0 Å². The van der Waals surface area contributed by atoms with Crippen LogP contribution in [-0.2, 0) is 12.7 Å². The number of hydrogen-bond donors (Lipinski definition) is 0. The lowest BCUT2D eigenvalue weighted by Gasteiger charge is -2.18. The maximum absolute atomic E-state index is 13.8. The predicted molar refractivity (Wildman–Crippen MR) is 96.0 cm³/mol. The summed E-state index contributed by atoms with van der Waals surface area (Å²) in [5, 5.41) is 6.47. The molecule has 0 aliphatic heterocycles. The van der Waals surface area contributed by atoms with E-state index in [0.29, 0.717) is 11.3 Å². The van der Waals surface area contributed by atoms with E-state index in [1.165, 1.54) is 29.4 Å². The highest BCUT2D eigenvalue weighted by atomic mass is 32.1. The summed E-state index contributed by atoms with van der Waals surface area (Å²) in [6.45, 7) is 3.63. The van der Waals surface area contributed by atoms with Crippen LogP contribution in [0.2, 0.25) is 0 Å². The van der Waals surface area contributed by atoms with Crippen molar-refractivity contribution in [2.45, 2.75) is 26.6 Å². The second-order valence-corrected chi connectivity index (χ2v) is 7.18. The molecule has 1 amide bonds. The number of aromatic nitrogens is 3. The third kappa shape index (κ3) is 3.87. The normalized spacial score (nSPS) is 11.6. The molecule has 9 heteroatoms. The van der Waals surface area contributed by atoms with Crippen LogP contribution in [0.5, 0.6) is 0 Å². The molecule has 0 saturated carbocycles. The van der Waals surface area contributed by atoms with E-state index in [2.05, 4.69) is 10.1 Å². The maximum atomic E-state index is 13.8. The number of carbonyl (C=O) groups is 1. The van der Waals surface area contributed by atoms with Gasteiger partial charge in [-0.1, -0.05) is 18.2 Å². The van der Waals surface area contributed by atoms with Gasteiger partial charge in [-0.25, -0.2) is 9.67 Å². The molecular weight excluding hydrogens is 377 g/mol. The van der Waals surface area contributed by atoms with Gasteiger partial charge >= 0.3 is 6.18 Å². The Morgan fingerprint density at radius 2 is 1.96 bits per heavy atom. The molecule has 0 saturated heterocycles. The zero-order valence-corrected chi connectivity index (χ0v) is 15.7. The SMILES string of the molecule is Cc1nc(CN(C)C(=O)c2cnn(-c3ccccc3C)c2C(F)(F)F)cs1. The van der Waals surface area contributed by atoms with Crippen molar-refractivity contribution in [1.29, 1.82) is 0 Å². The van der Waals surface area contributed by atoms with E-state index < -0.39 is 23.3 Å². The molecule has 0 spiro atoms. The summed E-state index contributed by atoms with van der Waals surface area (Å²) in [6, 6.07) is 6.58. The first-order chi connectivity index (χ1) is 12.7. The van der Waals surface area contributed by atoms with Gasteiger partial charge in [0.05, 0.1) is 34.7 Å². The van der Waals surface area contributed by atoms with Crippen molar-refractivity contribution in [3.8, 4) is 5.69 Å². The van der Waals surface area contributed by atoms with Crippen molar-refractivity contribution in [2.24, 2.45) is 0 Å². The van der Waals surface area contributed by atoms with Crippen LogP contribution in [0.3, 0.4) is 0 Å². The van der Waals surface area contributed by atoms with Crippen LogP contribution in [-0.4, -0.2) is 32.6 Å². The number of nitrogens with zero attached hydrogens (tertiary/aromatic N) is 4. The Balaban J connectivity index is 2.00. The molecule has 0 aliphatic rings. The van der Waals surface area contributed by atoms with E-state index in [4.69, 9.17) is 0 Å². The van der Waals surface area contributed by atoms with Crippen molar-refractivity contribution in [1.82, 2.24) is 19.7 Å². The molecule has 0 N–H and O–H groups in total. The van der Waals surface area contributed by atoms with Crippen LogP contribution in [0.1, 0.15) is 32.3 Å². The van der Waals surface area contributed by atoms with Gasteiger partial charge < -0.3 is 4.90 Å². The molecule has 5 nitrogen and oxygen atoms in total. The number of aryl methyl sites for hydroxylation is 2. The Morgan fingerprint density at radius 3 is 2.56 bits per heavy atom. The Morgan fingerprint density at radius 1 is 1.26 bits per heavy atom. The molecule has 0 atom stereocenters. The summed E-state index contributed by atoms with van der Waals surface area (Å²) in [7, 11) is 1.45. The van der Waals surface area contributed by atoms with Crippen molar-refractivity contribution < 1.29 is 18.0 Å². The number of carbonyl (C=O) groups excluding carboxylic acids is 1. The van der Waals surface area contributed by atoms with Crippen LogP contribution < -0.4 is 0 Å². The van der Waals surface area contributed by atoms with Gasteiger partial charge in [-0.05, 0) is 25.5 Å². The topological polar surface area (TPSA) is 51.0 Å². The predicted octanol–water partition coefficient (Wildman–Crippen LogP) is 4.24. The number of thiazole rings is 1. The van der Waals surface area contributed by atoms with Gasteiger partial charge in [0.1, 0.15) is 0 Å². The van der Waals surface area contributed by atoms with Crippen LogP contribution in [0.15, 0.2) is 35.8 Å². The lowest BCUT2D eigenvalue weighted by atomic mass is 10.1. The monoisotopic (exact) mass is 394 g/mol. The first kappa shape index (κ1) is 19.1. The fourth-order valence-electron chi connectivity index (χ4n) is 2.76. The molecule has 2 aromatic heterocycles. The zero-order chi connectivity index (χ0) is 19.8. The van der Waals surface area contributed by atoms with E-state index in [-0.39, 0.29) is 12.2 Å². The summed E-state index contributed by atoms with van der Waals surface area (Å²) in [5.41, 5.74) is -0.0328. The lowest BCUT2D eigenvalue weighted by molar-refractivity contribution is -0.143. The average Bonchev–Trinajstić information content (AvgIpc) is 3.20. The minimum absolute atomic E-state index is 0.121. The lowest BCUT2D eigenvalue weighted by Crippen LogP contribution is -2.29.